The molecule has 0 bridgehead atoms. The van der Waals surface area contributed by atoms with Crippen LogP contribution in [0.2, 0.25) is 0 Å². The maximum Gasteiger partial charge on any atom is 0.248 e. The molecule has 0 spiro atoms. The molecule has 1 aromatic carbocycles. The smallest absolute Gasteiger partial charge is 0.248 e. The molecule has 42 heavy (non-hydrogen) atoms. The number of ether oxygens (including phenoxy) is 1. The maximum atomic E-state index is 11.5. The zero-order valence-electron chi connectivity index (χ0n) is 25.6. The van der Waals surface area contributed by atoms with Gasteiger partial charge in [-0.05, 0) is 66.7 Å². The minimum Gasteiger partial charge on any atom is -0.497 e. The molecule has 0 fully saturated rings. The highest BCUT2D eigenvalue weighted by atomic mass is 35.5. The van der Waals surface area contributed by atoms with Crippen LogP contribution in [-0.4, -0.2) is 29.6 Å². The normalized spacial score (nSPS) is 13.8. The zero-order valence-corrected chi connectivity index (χ0v) is 26.4. The van der Waals surface area contributed by atoms with Crippen molar-refractivity contribution in [3.05, 3.63) is 107 Å². The minimum absolute atomic E-state index is 0. The number of halogens is 1. The van der Waals surface area contributed by atoms with E-state index in [1.54, 1.807) is 30.4 Å². The Morgan fingerprint density at radius 2 is 1.71 bits per heavy atom. The van der Waals surface area contributed by atoms with Crippen molar-refractivity contribution >= 4 is 28.7 Å². The van der Waals surface area contributed by atoms with Crippen LogP contribution in [-0.2, 0) is 9.53 Å². The summed E-state index contributed by atoms with van der Waals surface area (Å²) in [5.41, 5.74) is 11.8. The van der Waals surface area contributed by atoms with Gasteiger partial charge in [-0.3, -0.25) is 4.79 Å². The Balaban J connectivity index is 0.00000163. The van der Waals surface area contributed by atoms with Crippen LogP contribution in [0.15, 0.2) is 95.7 Å². The van der Waals surface area contributed by atoms with Gasteiger partial charge in [-0.25, -0.2) is 0 Å². The highest BCUT2D eigenvalue weighted by Gasteiger charge is 2.20. The third kappa shape index (κ3) is 12.3. The number of unbranched alkanes of at least 4 members (excludes halogenated alkanes) is 4. The molecule has 1 aliphatic heterocycles. The van der Waals surface area contributed by atoms with Crippen molar-refractivity contribution in [1.82, 2.24) is 4.90 Å². The molecule has 6 heteroatoms. The van der Waals surface area contributed by atoms with Crippen LogP contribution >= 0.6 is 11.6 Å². The van der Waals surface area contributed by atoms with Crippen LogP contribution in [0.4, 0.5) is 0 Å². The molecular weight excluding hydrogens is 544 g/mol. The first-order valence-corrected chi connectivity index (χ1v) is 14.9. The highest BCUT2D eigenvalue weighted by molar-refractivity contribution is 6.32. The molecule has 232 valence electrons. The van der Waals surface area contributed by atoms with E-state index in [0.717, 1.165) is 41.5 Å². The Labute approximate surface area is 260 Å². The van der Waals surface area contributed by atoms with Crippen molar-refractivity contribution in [1.29, 1.82) is 0 Å². The number of primary amides is 1. The van der Waals surface area contributed by atoms with Gasteiger partial charge < -0.3 is 20.5 Å². The first-order chi connectivity index (χ1) is 19.7. The second kappa shape index (κ2) is 21.4. The molecule has 0 aliphatic carbocycles. The van der Waals surface area contributed by atoms with Crippen LogP contribution in [0.5, 0.6) is 0 Å². The second-order valence-corrected chi connectivity index (χ2v) is 10.3. The van der Waals surface area contributed by atoms with Gasteiger partial charge in [0.1, 0.15) is 10.9 Å². The minimum atomic E-state index is -0.501. The van der Waals surface area contributed by atoms with E-state index >= 15 is 0 Å². The largest absolute Gasteiger partial charge is 0.497 e. The number of nitrogens with zero attached hydrogens (tertiary/aromatic N) is 1. The van der Waals surface area contributed by atoms with E-state index in [-0.39, 0.29) is 7.43 Å². The van der Waals surface area contributed by atoms with E-state index in [1.807, 2.05) is 18.2 Å². The first-order valence-electron chi connectivity index (χ1n) is 14.5. The average molecular weight is 597 g/mol. The van der Waals surface area contributed by atoms with Gasteiger partial charge in [0, 0.05) is 24.1 Å². The standard InChI is InChI=1S/C28H33ClN2O2.C7H16O.CH4/c1-7-11-19(3)24(15-14-21(5)33-6)26-13-10-9-12-25(26)23(8-2)27(29)31-17-16-22(28(30)32)18-20(31)4;1-2-3-4-5-6-7-8;/h9-10,12-18H,4-5,7-8,11H2,1-3,6H3,(H2,30,32);8H,2-7H2,1H3;1H4/b15-14-,24-19+,27-23+;;. The molecule has 0 atom stereocenters. The maximum absolute atomic E-state index is 11.5. The summed E-state index contributed by atoms with van der Waals surface area (Å²) in [7, 11) is 1.61. The average Bonchev–Trinajstić information content (AvgIpc) is 2.96. The molecule has 1 aromatic rings. The molecule has 1 amide bonds. The highest BCUT2D eigenvalue weighted by Crippen LogP contribution is 2.37. The van der Waals surface area contributed by atoms with E-state index in [0.29, 0.717) is 35.2 Å². The lowest BCUT2D eigenvalue weighted by molar-refractivity contribution is -0.114. The fourth-order valence-corrected chi connectivity index (χ4v) is 4.80. The fraction of sp³-hybridized carbons (Fsp3) is 0.417. The van der Waals surface area contributed by atoms with Crippen LogP contribution in [0.25, 0.3) is 11.1 Å². The summed E-state index contributed by atoms with van der Waals surface area (Å²) in [6, 6.07) is 8.22. The van der Waals surface area contributed by atoms with Gasteiger partial charge in [-0.2, -0.15) is 0 Å². The van der Waals surface area contributed by atoms with Gasteiger partial charge in [-0.15, -0.1) is 0 Å². The number of nitrogens with two attached hydrogens (primary N) is 1. The van der Waals surface area contributed by atoms with Crippen LogP contribution < -0.4 is 5.73 Å². The van der Waals surface area contributed by atoms with E-state index in [2.05, 4.69) is 59.1 Å². The molecule has 1 aliphatic rings. The number of carbonyl (C=O) groups excluding carboxylic acids is 1. The summed E-state index contributed by atoms with van der Waals surface area (Å²) in [4.78, 5) is 13.3. The number of amides is 1. The van der Waals surface area contributed by atoms with Gasteiger partial charge >= 0.3 is 0 Å². The van der Waals surface area contributed by atoms with Gasteiger partial charge in [0.15, 0.2) is 0 Å². The van der Waals surface area contributed by atoms with Crippen LogP contribution in [0.1, 0.15) is 97.6 Å². The molecular formula is C36H53ClN2O3. The molecule has 2 rings (SSSR count). The topological polar surface area (TPSA) is 75.8 Å². The van der Waals surface area contributed by atoms with Gasteiger partial charge in [0.05, 0.1) is 7.11 Å². The lowest BCUT2D eigenvalue weighted by Crippen LogP contribution is -2.20. The molecule has 1 heterocycles. The van der Waals surface area contributed by atoms with Crippen LogP contribution in [0.3, 0.4) is 0 Å². The van der Waals surface area contributed by atoms with E-state index in [9.17, 15) is 4.79 Å². The van der Waals surface area contributed by atoms with Gasteiger partial charge in [0.2, 0.25) is 5.91 Å². The summed E-state index contributed by atoms with van der Waals surface area (Å²) in [5.74, 6) is 0.0872. The van der Waals surface area contributed by atoms with Crippen molar-refractivity contribution in [3.8, 4) is 0 Å². The van der Waals surface area contributed by atoms with Crippen molar-refractivity contribution < 1.29 is 14.6 Å². The number of allylic oxidation sites excluding steroid dienone is 6. The van der Waals surface area contributed by atoms with Crippen molar-refractivity contribution in [3.63, 3.8) is 0 Å². The number of rotatable bonds is 15. The molecule has 0 unspecified atom stereocenters. The Morgan fingerprint density at radius 3 is 2.24 bits per heavy atom. The number of hydrogen-bond acceptors (Lipinski definition) is 4. The molecule has 3 N–H and O–H groups in total. The quantitative estimate of drug-likeness (QED) is 0.0914. The van der Waals surface area contributed by atoms with Gasteiger partial charge in [0.25, 0.3) is 0 Å². The summed E-state index contributed by atoms with van der Waals surface area (Å²) < 4.78 is 5.23. The zero-order chi connectivity index (χ0) is 30.8. The SMILES string of the molecule is C.C=C(/C=C\C(=C(\C)CCC)c1ccccc1/C(CC)=C(\Cl)N1C=CC(C(N)=O)=CC1=C)OC.CCCCCCCO. The lowest BCUT2D eigenvalue weighted by Gasteiger charge is -2.26. The number of benzene rings is 1. The van der Waals surface area contributed by atoms with Crippen molar-refractivity contribution in [2.24, 2.45) is 5.73 Å². The number of aliphatic hydroxyl groups excluding tert-OH is 1. The number of hydrogen-bond donors (Lipinski definition) is 2. The summed E-state index contributed by atoms with van der Waals surface area (Å²) in [6.07, 6.45) is 17.7. The lowest BCUT2D eigenvalue weighted by atomic mass is 9.89. The molecule has 0 saturated heterocycles. The number of carbonyl (C=O) groups is 1. The Hall–Kier alpha value is -3.28. The van der Waals surface area contributed by atoms with Crippen LogP contribution in [0, 0.1) is 0 Å². The van der Waals surface area contributed by atoms with E-state index in [4.69, 9.17) is 27.2 Å². The van der Waals surface area contributed by atoms with E-state index < -0.39 is 5.91 Å². The van der Waals surface area contributed by atoms with Gasteiger partial charge in [-0.1, -0.05) is 121 Å². The second-order valence-electron chi connectivity index (χ2n) is 9.90. The summed E-state index contributed by atoms with van der Waals surface area (Å²) in [6.45, 7) is 16.9. The van der Waals surface area contributed by atoms with Crippen molar-refractivity contribution in [2.45, 2.75) is 86.5 Å². The third-order valence-electron chi connectivity index (χ3n) is 6.72. The summed E-state index contributed by atoms with van der Waals surface area (Å²) >= 11 is 6.93. The third-order valence-corrected chi connectivity index (χ3v) is 7.13. The Morgan fingerprint density at radius 1 is 1.07 bits per heavy atom. The number of methoxy groups -OCH3 is 1. The monoisotopic (exact) mass is 596 g/mol. The van der Waals surface area contributed by atoms with Crippen molar-refractivity contribution in [2.75, 3.05) is 13.7 Å². The molecule has 0 saturated carbocycles. The van der Waals surface area contributed by atoms with E-state index in [1.165, 1.54) is 31.3 Å². The number of aliphatic hydroxyl groups is 1. The Bertz CT molecular complexity index is 1180. The molecule has 0 aromatic heterocycles. The molecule has 0 radical (unpaired) electrons. The fourth-order valence-electron chi connectivity index (χ4n) is 4.40. The molecule has 5 nitrogen and oxygen atoms in total. The first kappa shape index (κ1) is 38.7. The Kier molecular flexibility index (Phi) is 19.8. The summed E-state index contributed by atoms with van der Waals surface area (Å²) in [5, 5.41) is 8.90. The predicted octanol–water partition coefficient (Wildman–Crippen LogP) is 9.63. The predicted molar refractivity (Wildman–Crippen MR) is 182 cm³/mol.